The number of benzene rings is 5. The molecule has 0 unspecified atom stereocenters. The highest BCUT2D eigenvalue weighted by atomic mass is 16.4. The fraction of sp³-hybridized carbons (Fsp3) is 0.244. The van der Waals surface area contributed by atoms with Gasteiger partial charge in [0.05, 0.1) is 17.1 Å². The molecule has 7 aromatic rings. The number of nitrogens with zero attached hydrogens (tertiary/aromatic N) is 2. The molecule has 5 heteroatoms. The van der Waals surface area contributed by atoms with Crippen LogP contribution in [0.1, 0.15) is 77.6 Å². The molecule has 0 radical (unpaired) electrons. The third-order valence-electron chi connectivity index (χ3n) is 11.7. The minimum absolute atomic E-state index is 0.0338. The summed E-state index contributed by atoms with van der Waals surface area (Å²) in [5.41, 5.74) is 17.1. The number of hydrogen-bond donors (Lipinski definition) is 1. The predicted octanol–water partition coefficient (Wildman–Crippen LogP) is 10.2. The van der Waals surface area contributed by atoms with Crippen LogP contribution in [0.3, 0.4) is 0 Å². The van der Waals surface area contributed by atoms with Crippen LogP contribution in [0.2, 0.25) is 0 Å². The lowest BCUT2D eigenvalue weighted by atomic mass is 9.34. The molecule has 0 aliphatic carbocycles. The highest BCUT2D eigenvalue weighted by Gasteiger charge is 2.52. The van der Waals surface area contributed by atoms with Crippen molar-refractivity contribution in [2.45, 2.75) is 71.6 Å². The average Bonchev–Trinajstić information content (AvgIpc) is 3.66. The van der Waals surface area contributed by atoms with Crippen molar-refractivity contribution >= 4 is 79.4 Å². The zero-order valence-electron chi connectivity index (χ0n) is 30.2. The van der Waals surface area contributed by atoms with Gasteiger partial charge in [0.25, 0.3) is 6.71 Å². The van der Waals surface area contributed by atoms with Gasteiger partial charge in [-0.25, -0.2) is 0 Å². The lowest BCUT2D eigenvalue weighted by molar-refractivity contribution is 0.577. The SMILES string of the molecule is CC(C)(C)c1ccc(N2c3ccc4c5c3B(c3[nH]c6ccccc6c32)c2c(oc3ccccc23)N5c2ccc(C(C)(C)C)cc2C4(C)C)cc1. The lowest BCUT2D eigenvalue weighted by Gasteiger charge is -2.48. The summed E-state index contributed by atoms with van der Waals surface area (Å²) in [6, 6.07) is 38.5. The highest BCUT2D eigenvalue weighted by molar-refractivity contribution is 7.01. The Labute approximate surface area is 294 Å². The second-order valence-corrected chi connectivity index (χ2v) is 17.2. The number of rotatable bonds is 1. The van der Waals surface area contributed by atoms with Gasteiger partial charge in [0.1, 0.15) is 5.58 Å². The van der Waals surface area contributed by atoms with Crippen molar-refractivity contribution in [2.24, 2.45) is 0 Å². The fourth-order valence-corrected chi connectivity index (χ4v) is 9.02. The number of aromatic nitrogens is 1. The first-order chi connectivity index (χ1) is 23.8. The van der Waals surface area contributed by atoms with Crippen LogP contribution in [0.15, 0.2) is 108 Å². The molecule has 4 nitrogen and oxygen atoms in total. The number of para-hydroxylation sites is 2. The second-order valence-electron chi connectivity index (χ2n) is 17.2. The zero-order chi connectivity index (χ0) is 34.5. The van der Waals surface area contributed by atoms with Gasteiger partial charge >= 0.3 is 0 Å². The van der Waals surface area contributed by atoms with Crippen LogP contribution in [0, 0.1) is 0 Å². The van der Waals surface area contributed by atoms with Gasteiger partial charge < -0.3 is 14.3 Å². The van der Waals surface area contributed by atoms with E-state index < -0.39 is 0 Å². The van der Waals surface area contributed by atoms with Crippen LogP contribution in [0.25, 0.3) is 21.9 Å². The summed E-state index contributed by atoms with van der Waals surface area (Å²) < 4.78 is 7.00. The molecule has 50 heavy (non-hydrogen) atoms. The van der Waals surface area contributed by atoms with Crippen molar-refractivity contribution in [2.75, 3.05) is 9.80 Å². The van der Waals surface area contributed by atoms with E-state index in [9.17, 15) is 0 Å². The maximum atomic E-state index is 7.00. The summed E-state index contributed by atoms with van der Waals surface area (Å²) in [6.07, 6.45) is 0. The normalized spacial score (nSPS) is 15.6. The number of nitrogens with one attached hydrogen (secondary N) is 1. The molecule has 1 N–H and O–H groups in total. The third-order valence-corrected chi connectivity index (χ3v) is 11.7. The van der Waals surface area contributed by atoms with Crippen LogP contribution < -0.4 is 26.3 Å². The van der Waals surface area contributed by atoms with E-state index in [1.807, 2.05) is 0 Å². The molecule has 0 fully saturated rings. The van der Waals surface area contributed by atoms with Gasteiger partial charge in [-0.1, -0.05) is 122 Å². The Morgan fingerprint density at radius 2 is 1.28 bits per heavy atom. The van der Waals surface area contributed by atoms with E-state index in [1.54, 1.807) is 0 Å². The van der Waals surface area contributed by atoms with Gasteiger partial charge in [0.2, 0.25) is 5.88 Å². The Morgan fingerprint density at radius 1 is 0.620 bits per heavy atom. The van der Waals surface area contributed by atoms with Crippen molar-refractivity contribution in [3.05, 3.63) is 125 Å². The molecular formula is C45H42BN3O. The molecule has 3 aliphatic heterocycles. The minimum atomic E-state index is -0.231. The van der Waals surface area contributed by atoms with E-state index >= 15 is 0 Å². The topological polar surface area (TPSA) is 35.4 Å². The maximum absolute atomic E-state index is 7.00. The summed E-state index contributed by atoms with van der Waals surface area (Å²) >= 11 is 0. The van der Waals surface area contributed by atoms with E-state index in [0.29, 0.717) is 0 Å². The summed E-state index contributed by atoms with van der Waals surface area (Å²) in [7, 11) is 0. The summed E-state index contributed by atoms with van der Waals surface area (Å²) in [6.45, 7) is 18.5. The van der Waals surface area contributed by atoms with Crippen LogP contribution >= 0.6 is 0 Å². The molecule has 0 saturated heterocycles. The molecule has 0 bridgehead atoms. The van der Waals surface area contributed by atoms with Gasteiger partial charge in [-0.15, -0.1) is 0 Å². The number of anilines is 6. The third kappa shape index (κ3) is 3.78. The molecule has 5 aromatic carbocycles. The first kappa shape index (κ1) is 29.7. The summed E-state index contributed by atoms with van der Waals surface area (Å²) in [5, 5.41) is 2.39. The van der Waals surface area contributed by atoms with E-state index in [-0.39, 0.29) is 23.0 Å². The lowest BCUT2D eigenvalue weighted by Crippen LogP contribution is -2.62. The monoisotopic (exact) mass is 651 g/mol. The van der Waals surface area contributed by atoms with Crippen molar-refractivity contribution in [1.82, 2.24) is 4.98 Å². The average molecular weight is 652 g/mol. The van der Waals surface area contributed by atoms with Crippen LogP contribution in [-0.2, 0) is 16.2 Å². The number of hydrogen-bond acceptors (Lipinski definition) is 3. The Kier molecular flexibility index (Phi) is 5.67. The van der Waals surface area contributed by atoms with Crippen molar-refractivity contribution in [3.8, 4) is 0 Å². The number of fused-ring (bicyclic) bond motifs is 11. The van der Waals surface area contributed by atoms with E-state index in [0.717, 1.165) is 17.0 Å². The quantitative estimate of drug-likeness (QED) is 0.180. The molecule has 3 aliphatic rings. The van der Waals surface area contributed by atoms with Crippen molar-refractivity contribution in [3.63, 3.8) is 0 Å². The first-order valence-electron chi connectivity index (χ1n) is 18.0. The smallest absolute Gasteiger partial charge is 0.277 e. The molecule has 10 rings (SSSR count). The van der Waals surface area contributed by atoms with Gasteiger partial charge in [-0.3, -0.25) is 4.90 Å². The van der Waals surface area contributed by atoms with Crippen LogP contribution in [0.5, 0.6) is 0 Å². The molecule has 246 valence electrons. The van der Waals surface area contributed by atoms with Gasteiger partial charge in [0, 0.05) is 44.1 Å². The molecular weight excluding hydrogens is 609 g/mol. The largest absolute Gasteiger partial charge is 0.440 e. The fourth-order valence-electron chi connectivity index (χ4n) is 9.02. The maximum Gasteiger partial charge on any atom is 0.277 e. The van der Waals surface area contributed by atoms with Gasteiger partial charge in [-0.05, 0) is 74.9 Å². The second kappa shape index (κ2) is 9.54. The van der Waals surface area contributed by atoms with Crippen LogP contribution in [0.4, 0.5) is 34.3 Å². The first-order valence-corrected chi connectivity index (χ1v) is 18.0. The predicted molar refractivity (Wildman–Crippen MR) is 212 cm³/mol. The van der Waals surface area contributed by atoms with E-state index in [1.165, 1.54) is 78.0 Å². The van der Waals surface area contributed by atoms with Gasteiger partial charge in [-0.2, -0.15) is 0 Å². The molecule has 5 heterocycles. The Bertz CT molecular complexity index is 2560. The molecule has 0 amide bonds. The van der Waals surface area contributed by atoms with Crippen molar-refractivity contribution in [1.29, 1.82) is 0 Å². The summed E-state index contributed by atoms with van der Waals surface area (Å²) in [4.78, 5) is 8.96. The van der Waals surface area contributed by atoms with E-state index in [4.69, 9.17) is 4.42 Å². The number of furan rings is 1. The highest BCUT2D eigenvalue weighted by Crippen LogP contribution is 2.56. The Balaban J connectivity index is 1.34. The van der Waals surface area contributed by atoms with Crippen molar-refractivity contribution < 1.29 is 4.42 Å². The summed E-state index contributed by atoms with van der Waals surface area (Å²) in [5.74, 6) is 0.926. The number of aromatic amines is 1. The Hall–Kier alpha value is -5.16. The molecule has 0 spiro atoms. The molecule has 0 atom stereocenters. The van der Waals surface area contributed by atoms with E-state index in [2.05, 4.69) is 173 Å². The zero-order valence-corrected chi connectivity index (χ0v) is 30.2. The van der Waals surface area contributed by atoms with Gasteiger partial charge in [0.15, 0.2) is 0 Å². The van der Waals surface area contributed by atoms with Crippen LogP contribution in [-0.4, -0.2) is 11.7 Å². The molecule has 0 saturated carbocycles. The standard InChI is InChI=1S/C45H42BN3O/c1-43(2,3)26-17-20-28(21-18-26)48-35-24-22-31-40-38(35)46(41-39(48)29-13-9-11-15-33(29)47-41)37-30-14-10-12-16-36(30)50-42(37)49(40)34-23-19-27(44(4,5)6)25-32(34)45(31,7)8/h9-25,47H,1-8H3. The minimum Gasteiger partial charge on any atom is -0.440 e. The Morgan fingerprint density at radius 3 is 2.02 bits per heavy atom. The number of H-pyrrole nitrogens is 1. The molecule has 2 aromatic heterocycles.